The summed E-state index contributed by atoms with van der Waals surface area (Å²) < 4.78 is 24.2. The molecule has 0 spiro atoms. The number of fused-ring (bicyclic) bond motifs is 1. The van der Waals surface area contributed by atoms with E-state index in [1.165, 1.54) is 0 Å². The van der Waals surface area contributed by atoms with Crippen molar-refractivity contribution in [3.8, 4) is 0 Å². The van der Waals surface area contributed by atoms with Crippen LogP contribution in [0.15, 0.2) is 34.1 Å². The van der Waals surface area contributed by atoms with E-state index in [1.54, 1.807) is 18.2 Å². The van der Waals surface area contributed by atoms with Gasteiger partial charge in [0.2, 0.25) is 9.84 Å². The maximum absolute atomic E-state index is 12.1. The molecule has 4 heteroatoms. The molecular formula is C12H15NO2S. The minimum absolute atomic E-state index is 0.453. The monoisotopic (exact) mass is 237 g/mol. The molecule has 0 radical (unpaired) electrons. The molecule has 1 aliphatic heterocycles. The minimum Gasteiger partial charge on any atom is -0.320 e. The summed E-state index contributed by atoms with van der Waals surface area (Å²) >= 11 is 0. The third-order valence-corrected chi connectivity index (χ3v) is 4.68. The van der Waals surface area contributed by atoms with E-state index < -0.39 is 9.84 Å². The number of hydrogen-bond donors (Lipinski definition) is 1. The van der Waals surface area contributed by atoms with Crippen LogP contribution in [0.2, 0.25) is 0 Å². The van der Waals surface area contributed by atoms with Crippen LogP contribution in [0.25, 0.3) is 6.08 Å². The molecule has 0 aliphatic carbocycles. The summed E-state index contributed by atoms with van der Waals surface area (Å²) in [5.41, 5.74) is 0.821. The molecule has 0 aromatic heterocycles. The van der Waals surface area contributed by atoms with Crippen LogP contribution in [0.5, 0.6) is 0 Å². The number of nitrogens with one attached hydrogen (secondary N) is 1. The van der Waals surface area contributed by atoms with Crippen LogP contribution in [-0.2, 0) is 9.84 Å². The van der Waals surface area contributed by atoms with Gasteiger partial charge in [0.25, 0.3) is 0 Å². The average Bonchev–Trinajstić information content (AvgIpc) is 2.52. The fourth-order valence-corrected chi connectivity index (χ4v) is 3.56. The average molecular weight is 237 g/mol. The van der Waals surface area contributed by atoms with Crippen molar-refractivity contribution in [2.24, 2.45) is 0 Å². The summed E-state index contributed by atoms with van der Waals surface area (Å²) in [6, 6.07) is 7.15. The molecular weight excluding hydrogens is 222 g/mol. The van der Waals surface area contributed by atoms with E-state index in [-0.39, 0.29) is 0 Å². The van der Waals surface area contributed by atoms with Crippen LogP contribution in [0.4, 0.5) is 0 Å². The van der Waals surface area contributed by atoms with E-state index in [0.29, 0.717) is 16.2 Å². The van der Waals surface area contributed by atoms with Crippen molar-refractivity contribution in [1.29, 1.82) is 0 Å². The molecule has 1 N–H and O–H groups in total. The number of benzene rings is 1. The maximum atomic E-state index is 12.1. The van der Waals surface area contributed by atoms with Crippen LogP contribution in [0.1, 0.15) is 18.4 Å². The van der Waals surface area contributed by atoms with Crippen LogP contribution >= 0.6 is 0 Å². The SMILES string of the molecule is CNCCCC1=Cc2ccccc2S1(=O)=O. The van der Waals surface area contributed by atoms with Crippen molar-refractivity contribution < 1.29 is 8.42 Å². The van der Waals surface area contributed by atoms with Gasteiger partial charge in [0.15, 0.2) is 0 Å². The van der Waals surface area contributed by atoms with Gasteiger partial charge in [0, 0.05) is 4.91 Å². The Morgan fingerprint density at radius 3 is 2.69 bits per heavy atom. The smallest absolute Gasteiger partial charge is 0.203 e. The Morgan fingerprint density at radius 1 is 1.25 bits per heavy atom. The predicted octanol–water partition coefficient (Wildman–Crippen LogP) is 1.81. The maximum Gasteiger partial charge on any atom is 0.203 e. The Hall–Kier alpha value is -1.13. The molecule has 86 valence electrons. The number of allylic oxidation sites excluding steroid dienone is 1. The van der Waals surface area contributed by atoms with Crippen LogP contribution in [0.3, 0.4) is 0 Å². The van der Waals surface area contributed by atoms with Gasteiger partial charge < -0.3 is 5.32 Å². The lowest BCUT2D eigenvalue weighted by atomic mass is 10.2. The fourth-order valence-electron chi connectivity index (χ4n) is 1.88. The topological polar surface area (TPSA) is 46.2 Å². The molecule has 0 saturated carbocycles. The zero-order valence-corrected chi connectivity index (χ0v) is 10.0. The predicted molar refractivity (Wildman–Crippen MR) is 64.8 cm³/mol. The Labute approximate surface area is 96.1 Å². The lowest BCUT2D eigenvalue weighted by Crippen LogP contribution is -2.09. The molecule has 0 amide bonds. The molecule has 0 atom stereocenters. The highest BCUT2D eigenvalue weighted by Gasteiger charge is 2.28. The Kier molecular flexibility index (Phi) is 3.12. The summed E-state index contributed by atoms with van der Waals surface area (Å²) in [7, 11) is -1.33. The van der Waals surface area contributed by atoms with Crippen LogP contribution < -0.4 is 5.32 Å². The van der Waals surface area contributed by atoms with E-state index in [9.17, 15) is 8.42 Å². The minimum atomic E-state index is -3.19. The van der Waals surface area contributed by atoms with Crippen molar-refractivity contribution in [2.45, 2.75) is 17.7 Å². The third-order valence-electron chi connectivity index (χ3n) is 2.72. The first-order valence-corrected chi connectivity index (χ1v) is 6.84. The van der Waals surface area contributed by atoms with E-state index in [1.807, 2.05) is 19.2 Å². The van der Waals surface area contributed by atoms with E-state index in [4.69, 9.17) is 0 Å². The highest BCUT2D eigenvalue weighted by Crippen LogP contribution is 2.34. The molecule has 0 unspecified atom stereocenters. The van der Waals surface area contributed by atoms with Crippen molar-refractivity contribution in [2.75, 3.05) is 13.6 Å². The van der Waals surface area contributed by atoms with Gasteiger partial charge in [-0.25, -0.2) is 8.42 Å². The largest absolute Gasteiger partial charge is 0.320 e. The van der Waals surface area contributed by atoms with Crippen molar-refractivity contribution in [3.63, 3.8) is 0 Å². The lowest BCUT2D eigenvalue weighted by molar-refractivity contribution is 0.600. The Morgan fingerprint density at radius 2 is 2.00 bits per heavy atom. The molecule has 16 heavy (non-hydrogen) atoms. The second-order valence-corrected chi connectivity index (χ2v) is 5.83. The first-order chi connectivity index (χ1) is 7.66. The zero-order chi connectivity index (χ0) is 11.6. The molecule has 1 aliphatic rings. The van der Waals surface area contributed by atoms with Gasteiger partial charge in [-0.3, -0.25) is 0 Å². The van der Waals surface area contributed by atoms with Crippen molar-refractivity contribution in [1.82, 2.24) is 5.32 Å². The van der Waals surface area contributed by atoms with Gasteiger partial charge in [0.1, 0.15) is 0 Å². The Bertz CT molecular complexity index is 518. The van der Waals surface area contributed by atoms with Gasteiger partial charge in [-0.05, 0) is 44.1 Å². The molecule has 0 bridgehead atoms. The van der Waals surface area contributed by atoms with Crippen molar-refractivity contribution >= 4 is 15.9 Å². The molecule has 0 saturated heterocycles. The number of sulfone groups is 1. The second kappa shape index (κ2) is 4.39. The van der Waals surface area contributed by atoms with Gasteiger partial charge in [-0.1, -0.05) is 18.2 Å². The summed E-state index contributed by atoms with van der Waals surface area (Å²) in [5.74, 6) is 0. The summed E-state index contributed by atoms with van der Waals surface area (Å²) in [6.45, 7) is 0.837. The lowest BCUT2D eigenvalue weighted by Gasteiger charge is -2.03. The highest BCUT2D eigenvalue weighted by atomic mass is 32.2. The molecule has 1 heterocycles. The van der Waals surface area contributed by atoms with E-state index >= 15 is 0 Å². The summed E-state index contributed by atoms with van der Waals surface area (Å²) in [4.78, 5) is 0.999. The summed E-state index contributed by atoms with van der Waals surface area (Å²) in [5, 5.41) is 3.02. The molecule has 3 nitrogen and oxygen atoms in total. The van der Waals surface area contributed by atoms with Gasteiger partial charge in [0.05, 0.1) is 4.90 Å². The van der Waals surface area contributed by atoms with Crippen LogP contribution in [-0.4, -0.2) is 22.0 Å². The van der Waals surface area contributed by atoms with Gasteiger partial charge in [-0.15, -0.1) is 0 Å². The first-order valence-electron chi connectivity index (χ1n) is 5.35. The Balaban J connectivity index is 2.25. The van der Waals surface area contributed by atoms with Gasteiger partial charge >= 0.3 is 0 Å². The quantitative estimate of drug-likeness (QED) is 0.812. The number of rotatable bonds is 4. The second-order valence-electron chi connectivity index (χ2n) is 3.86. The molecule has 2 rings (SSSR count). The molecule has 1 aromatic rings. The van der Waals surface area contributed by atoms with E-state index in [2.05, 4.69) is 5.32 Å². The van der Waals surface area contributed by atoms with E-state index in [0.717, 1.165) is 18.5 Å². The molecule has 0 fully saturated rings. The van der Waals surface area contributed by atoms with Crippen molar-refractivity contribution in [3.05, 3.63) is 34.7 Å². The van der Waals surface area contributed by atoms with Crippen LogP contribution in [0, 0.1) is 0 Å². The zero-order valence-electron chi connectivity index (χ0n) is 9.23. The third kappa shape index (κ3) is 1.90. The molecule has 1 aromatic carbocycles. The number of hydrogen-bond acceptors (Lipinski definition) is 3. The van der Waals surface area contributed by atoms with Gasteiger partial charge in [-0.2, -0.15) is 0 Å². The first kappa shape index (κ1) is 11.4. The fraction of sp³-hybridized carbons (Fsp3) is 0.333. The highest BCUT2D eigenvalue weighted by molar-refractivity contribution is 7.95. The normalized spacial score (nSPS) is 16.9. The standard InChI is InChI=1S/C12H15NO2S/c1-13-8-4-6-11-9-10-5-2-3-7-12(10)16(11,14)15/h2-3,5,7,9,13H,4,6,8H2,1H3. The summed E-state index contributed by atoms with van der Waals surface area (Å²) in [6.07, 6.45) is 3.24.